The highest BCUT2D eigenvalue weighted by molar-refractivity contribution is 6.16. The van der Waals surface area contributed by atoms with E-state index < -0.39 is 0 Å². The number of allylic oxidation sites excluding steroid dienone is 1. The van der Waals surface area contributed by atoms with Crippen molar-refractivity contribution < 1.29 is 0 Å². The van der Waals surface area contributed by atoms with E-state index in [4.69, 9.17) is 0 Å². The third-order valence-corrected chi connectivity index (χ3v) is 0.691. The Morgan fingerprint density at radius 2 is 2.33 bits per heavy atom. The van der Waals surface area contributed by atoms with Gasteiger partial charge in [-0.05, 0) is 6.42 Å². The fourth-order valence-corrected chi connectivity index (χ4v) is 0.333. The summed E-state index contributed by atoms with van der Waals surface area (Å²) in [6.07, 6.45) is 4.68. The monoisotopic (exact) mass is 82.1 g/mol. The summed E-state index contributed by atoms with van der Waals surface area (Å²) in [6.45, 7) is 2.18. The molecule has 0 N–H and O–H groups in total. The van der Waals surface area contributed by atoms with Crippen molar-refractivity contribution in [3.8, 4) is 0 Å². The Morgan fingerprint density at radius 3 is 2.50 bits per heavy atom. The van der Waals surface area contributed by atoms with Crippen LogP contribution >= 0.6 is 0 Å². The molecule has 0 aromatic carbocycles. The highest BCUT2D eigenvalue weighted by Crippen LogP contribution is 1.84. The van der Waals surface area contributed by atoms with Gasteiger partial charge in [0.2, 0.25) is 0 Å². The predicted molar refractivity (Wildman–Crippen MR) is 32.6 cm³/mol. The highest BCUT2D eigenvalue weighted by atomic mass is 13.7. The van der Waals surface area contributed by atoms with Crippen molar-refractivity contribution in [3.05, 3.63) is 12.1 Å². The Morgan fingerprint density at radius 1 is 1.67 bits per heavy atom. The largest absolute Gasteiger partial charge is 0.129 e. The lowest BCUT2D eigenvalue weighted by atomic mass is 10.1. The van der Waals surface area contributed by atoms with Crippen molar-refractivity contribution in [1.29, 1.82) is 0 Å². The SMILES string of the molecule is B/C=C/CCC. The lowest BCUT2D eigenvalue weighted by Crippen LogP contribution is -1.58. The first-order chi connectivity index (χ1) is 2.91. The Balaban J connectivity index is 2.66. The van der Waals surface area contributed by atoms with Crippen molar-refractivity contribution in [1.82, 2.24) is 0 Å². The molecule has 0 fully saturated rings. The molecule has 0 saturated carbocycles. The fraction of sp³-hybridized carbons (Fsp3) is 0.600. The predicted octanol–water partition coefficient (Wildman–Crippen LogP) is 0.933. The van der Waals surface area contributed by atoms with Gasteiger partial charge in [-0.25, -0.2) is 0 Å². The molecule has 1 heteroatoms. The van der Waals surface area contributed by atoms with Gasteiger partial charge in [-0.15, -0.1) is 5.98 Å². The Hall–Kier alpha value is -0.195. The summed E-state index contributed by atoms with van der Waals surface area (Å²) in [4.78, 5) is 0. The summed E-state index contributed by atoms with van der Waals surface area (Å²) < 4.78 is 0. The van der Waals surface area contributed by atoms with Gasteiger partial charge >= 0.3 is 0 Å². The quantitative estimate of drug-likeness (QED) is 0.434. The minimum absolute atomic E-state index is 1.23. The van der Waals surface area contributed by atoms with Crippen LogP contribution in [-0.4, -0.2) is 7.85 Å². The van der Waals surface area contributed by atoms with Crippen molar-refractivity contribution in [2.24, 2.45) is 0 Å². The first-order valence-electron chi connectivity index (χ1n) is 2.53. The molecule has 0 unspecified atom stereocenters. The summed E-state index contributed by atoms with van der Waals surface area (Å²) in [7, 11) is 2.05. The van der Waals surface area contributed by atoms with Gasteiger partial charge in [-0.2, -0.15) is 0 Å². The molecule has 0 aliphatic heterocycles. The van der Waals surface area contributed by atoms with Crippen molar-refractivity contribution in [3.63, 3.8) is 0 Å². The zero-order chi connectivity index (χ0) is 4.83. The summed E-state index contributed by atoms with van der Waals surface area (Å²) in [5, 5.41) is 0. The summed E-state index contributed by atoms with van der Waals surface area (Å²) in [5.74, 6) is 2.09. The average molecular weight is 82.0 g/mol. The molecular formula is C5H11B. The number of hydrogen-bond donors (Lipinski definition) is 0. The summed E-state index contributed by atoms with van der Waals surface area (Å²) >= 11 is 0. The normalized spacial score (nSPS) is 10.2. The van der Waals surface area contributed by atoms with Gasteiger partial charge in [0, 0.05) is 0 Å². The van der Waals surface area contributed by atoms with Crippen LogP contribution in [0.3, 0.4) is 0 Å². The van der Waals surface area contributed by atoms with Gasteiger partial charge in [0.05, 0.1) is 0 Å². The smallest absolute Gasteiger partial charge is 0.128 e. The van der Waals surface area contributed by atoms with E-state index in [2.05, 4.69) is 26.8 Å². The van der Waals surface area contributed by atoms with Crippen LogP contribution < -0.4 is 0 Å². The van der Waals surface area contributed by atoms with E-state index in [9.17, 15) is 0 Å². The zero-order valence-electron chi connectivity index (χ0n) is 4.57. The molecule has 0 aromatic rings. The molecule has 34 valence electrons. The lowest BCUT2D eigenvalue weighted by molar-refractivity contribution is 0.960. The van der Waals surface area contributed by atoms with Crippen LogP contribution in [0.1, 0.15) is 19.8 Å². The van der Waals surface area contributed by atoms with Crippen molar-refractivity contribution >= 4 is 7.85 Å². The van der Waals surface area contributed by atoms with Gasteiger partial charge in [0.1, 0.15) is 7.85 Å². The topological polar surface area (TPSA) is 0 Å². The molecule has 0 aromatic heterocycles. The molecule has 0 rings (SSSR count). The van der Waals surface area contributed by atoms with E-state index in [1.807, 2.05) is 0 Å². The van der Waals surface area contributed by atoms with Crippen molar-refractivity contribution in [2.45, 2.75) is 19.8 Å². The molecule has 0 atom stereocenters. The van der Waals surface area contributed by atoms with Gasteiger partial charge in [-0.3, -0.25) is 0 Å². The van der Waals surface area contributed by atoms with Gasteiger partial charge < -0.3 is 0 Å². The molecule has 0 radical (unpaired) electrons. The molecule has 6 heavy (non-hydrogen) atoms. The maximum Gasteiger partial charge on any atom is 0.129 e. The second kappa shape index (κ2) is 4.80. The molecule has 0 amide bonds. The van der Waals surface area contributed by atoms with Crippen LogP contribution in [0.25, 0.3) is 0 Å². The van der Waals surface area contributed by atoms with Crippen LogP contribution in [0, 0.1) is 0 Å². The molecule has 0 heterocycles. The Bertz CT molecular complexity index is 39.2. The molecule has 0 aliphatic carbocycles. The number of hydrogen-bond acceptors (Lipinski definition) is 0. The lowest BCUT2D eigenvalue weighted by Gasteiger charge is -1.76. The Kier molecular flexibility index (Phi) is 4.65. The van der Waals surface area contributed by atoms with E-state index in [1.54, 1.807) is 0 Å². The number of unbranched alkanes of at least 4 members (excludes halogenated alkanes) is 1. The second-order valence-electron chi connectivity index (χ2n) is 1.36. The van der Waals surface area contributed by atoms with Crippen molar-refractivity contribution in [2.75, 3.05) is 0 Å². The van der Waals surface area contributed by atoms with Gasteiger partial charge in [0.15, 0.2) is 0 Å². The van der Waals surface area contributed by atoms with Crippen LogP contribution in [0.5, 0.6) is 0 Å². The molecule has 0 bridgehead atoms. The fourth-order valence-electron chi connectivity index (χ4n) is 0.333. The molecule has 0 spiro atoms. The maximum atomic E-state index is 2.18. The van der Waals surface area contributed by atoms with E-state index in [-0.39, 0.29) is 0 Å². The second-order valence-corrected chi connectivity index (χ2v) is 1.36. The third-order valence-electron chi connectivity index (χ3n) is 0.691. The van der Waals surface area contributed by atoms with Gasteiger partial charge in [0.25, 0.3) is 0 Å². The van der Waals surface area contributed by atoms with Crippen LogP contribution in [0.2, 0.25) is 0 Å². The summed E-state index contributed by atoms with van der Waals surface area (Å²) in [5.41, 5.74) is 0. The zero-order valence-corrected chi connectivity index (χ0v) is 4.57. The van der Waals surface area contributed by atoms with E-state index in [1.165, 1.54) is 12.8 Å². The van der Waals surface area contributed by atoms with Crippen LogP contribution in [-0.2, 0) is 0 Å². The first kappa shape index (κ1) is 5.80. The third kappa shape index (κ3) is 3.80. The Labute approximate surface area is 40.7 Å². The number of rotatable bonds is 2. The minimum Gasteiger partial charge on any atom is -0.128 e. The molecule has 0 aliphatic rings. The van der Waals surface area contributed by atoms with E-state index >= 15 is 0 Å². The minimum atomic E-state index is 1.23. The first-order valence-corrected chi connectivity index (χ1v) is 2.53. The van der Waals surface area contributed by atoms with Crippen LogP contribution in [0.4, 0.5) is 0 Å². The molecule has 0 nitrogen and oxygen atoms in total. The summed E-state index contributed by atoms with van der Waals surface area (Å²) in [6, 6.07) is 0. The van der Waals surface area contributed by atoms with Gasteiger partial charge in [-0.1, -0.05) is 19.4 Å². The van der Waals surface area contributed by atoms with Crippen LogP contribution in [0.15, 0.2) is 12.1 Å². The average Bonchev–Trinajstić information content (AvgIpc) is 1.61. The van der Waals surface area contributed by atoms with E-state index in [0.29, 0.717) is 0 Å². The maximum absolute atomic E-state index is 2.18. The van der Waals surface area contributed by atoms with E-state index in [0.717, 1.165) is 0 Å². The molecule has 0 saturated heterocycles. The molecular weight excluding hydrogens is 70.9 g/mol. The highest BCUT2D eigenvalue weighted by Gasteiger charge is 1.64. The standard InChI is InChI=1S/C5H11B/c1-2-3-4-5-6/h4-5H,2-3,6H2,1H3/b5-4+.